The first kappa shape index (κ1) is 28.0. The van der Waals surface area contributed by atoms with E-state index >= 15 is 0 Å². The van der Waals surface area contributed by atoms with Crippen LogP contribution in [0.3, 0.4) is 0 Å². The molecule has 1 heterocycles. The molecule has 0 saturated heterocycles. The number of unbranched alkanes of at least 4 members (excludes halogenated alkanes) is 14. The summed E-state index contributed by atoms with van der Waals surface area (Å²) in [5.41, 5.74) is 0. The van der Waals surface area contributed by atoms with Crippen LogP contribution < -0.4 is 0 Å². The van der Waals surface area contributed by atoms with Crippen molar-refractivity contribution in [3.05, 3.63) is 0 Å². The molecule has 0 unspecified atom stereocenters. The molecule has 170 valence electrons. The van der Waals surface area contributed by atoms with Crippen molar-refractivity contribution in [1.29, 1.82) is 0 Å². The first-order valence-corrected chi connectivity index (χ1v) is 17.2. The van der Waals surface area contributed by atoms with Gasteiger partial charge in [0.25, 0.3) is 0 Å². The van der Waals surface area contributed by atoms with E-state index < -0.39 is 0 Å². The molecule has 0 aliphatic rings. The highest BCUT2D eigenvalue weighted by atomic mass is 33.1. The second-order valence-corrected chi connectivity index (χ2v) is 13.9. The molecule has 29 heavy (non-hydrogen) atoms. The average Bonchev–Trinajstić information content (AvgIpc) is 3.18. The van der Waals surface area contributed by atoms with Crippen LogP contribution >= 0.6 is 54.5 Å². The molecular weight excluding hydrogens is 453 g/mol. The molecular formula is C22H42N2S5. The number of nitrogens with zero attached hydrogens (tertiary/aromatic N) is 2. The van der Waals surface area contributed by atoms with Crippen LogP contribution in [0.5, 0.6) is 0 Å². The van der Waals surface area contributed by atoms with Crippen molar-refractivity contribution >= 4 is 54.5 Å². The Balaban J connectivity index is 1.88. The van der Waals surface area contributed by atoms with Crippen LogP contribution in [0.15, 0.2) is 8.68 Å². The van der Waals surface area contributed by atoms with E-state index in [0.717, 1.165) is 8.68 Å². The van der Waals surface area contributed by atoms with Crippen LogP contribution in [0.25, 0.3) is 0 Å². The van der Waals surface area contributed by atoms with E-state index in [9.17, 15) is 0 Å². The molecule has 1 rings (SSSR count). The highest BCUT2D eigenvalue weighted by molar-refractivity contribution is 8.77. The first-order chi connectivity index (χ1) is 14.4. The maximum Gasteiger partial charge on any atom is 0.185 e. The van der Waals surface area contributed by atoms with Gasteiger partial charge in [0.05, 0.1) is 0 Å². The van der Waals surface area contributed by atoms with Crippen LogP contribution in [0.1, 0.15) is 117 Å². The Morgan fingerprint density at radius 2 is 0.862 bits per heavy atom. The lowest BCUT2D eigenvalue weighted by Gasteiger charge is -2.01. The standard InChI is InChI=1S/C22H42N2S5/c1-3-5-7-9-11-13-15-17-19-25-28-21-23-24-22(27-21)29-26-20-18-16-14-12-10-8-6-4-2/h3-20H2,1-2H3. The predicted molar refractivity (Wildman–Crippen MR) is 142 cm³/mol. The zero-order valence-corrected chi connectivity index (χ0v) is 22.7. The molecule has 7 heteroatoms. The van der Waals surface area contributed by atoms with Gasteiger partial charge in [-0.25, -0.2) is 0 Å². The topological polar surface area (TPSA) is 25.8 Å². The summed E-state index contributed by atoms with van der Waals surface area (Å²) in [7, 11) is 7.52. The average molecular weight is 495 g/mol. The lowest BCUT2D eigenvalue weighted by Crippen LogP contribution is -1.82. The lowest BCUT2D eigenvalue weighted by atomic mass is 10.1. The second-order valence-electron chi connectivity index (χ2n) is 7.59. The zero-order valence-electron chi connectivity index (χ0n) is 18.7. The number of hydrogen-bond acceptors (Lipinski definition) is 7. The molecule has 0 bridgehead atoms. The summed E-state index contributed by atoms with van der Waals surface area (Å²) in [4.78, 5) is 0. The van der Waals surface area contributed by atoms with Gasteiger partial charge in [-0.2, -0.15) is 0 Å². The first-order valence-electron chi connectivity index (χ1n) is 11.8. The van der Waals surface area contributed by atoms with Crippen LogP contribution in [-0.4, -0.2) is 21.7 Å². The minimum atomic E-state index is 1.12. The van der Waals surface area contributed by atoms with Crippen LogP contribution in [0.2, 0.25) is 0 Å². The Kier molecular flexibility index (Phi) is 21.4. The highest BCUT2D eigenvalue weighted by Gasteiger charge is 2.06. The van der Waals surface area contributed by atoms with E-state index in [1.54, 1.807) is 11.3 Å². The number of hydrogen-bond donors (Lipinski definition) is 0. The Bertz CT molecular complexity index is 418. The maximum absolute atomic E-state index is 4.33. The molecule has 0 radical (unpaired) electrons. The zero-order chi connectivity index (χ0) is 20.8. The van der Waals surface area contributed by atoms with Crippen molar-refractivity contribution in [2.24, 2.45) is 0 Å². The third-order valence-electron chi connectivity index (χ3n) is 4.81. The quantitative estimate of drug-likeness (QED) is 0.117. The summed E-state index contributed by atoms with van der Waals surface area (Å²) in [6.45, 7) is 4.57. The van der Waals surface area contributed by atoms with E-state index in [-0.39, 0.29) is 0 Å². The largest absolute Gasteiger partial charge is 0.185 e. The van der Waals surface area contributed by atoms with E-state index in [2.05, 4.69) is 24.0 Å². The van der Waals surface area contributed by atoms with Gasteiger partial charge >= 0.3 is 0 Å². The van der Waals surface area contributed by atoms with E-state index in [1.807, 2.05) is 43.2 Å². The van der Waals surface area contributed by atoms with Gasteiger partial charge in [-0.05, 0) is 34.4 Å². The predicted octanol–water partition coefficient (Wildman–Crippen LogP) is 10.3. The minimum absolute atomic E-state index is 1.12. The fraction of sp³-hybridized carbons (Fsp3) is 0.909. The Labute approximate surface area is 200 Å². The summed E-state index contributed by atoms with van der Waals surface area (Å²) < 4.78 is 2.23. The van der Waals surface area contributed by atoms with Crippen LogP contribution in [0, 0.1) is 0 Å². The smallest absolute Gasteiger partial charge is 0.130 e. The van der Waals surface area contributed by atoms with Gasteiger partial charge in [0.1, 0.15) is 0 Å². The molecule has 0 atom stereocenters. The van der Waals surface area contributed by atoms with Gasteiger partial charge in [-0.15, -0.1) is 10.2 Å². The Morgan fingerprint density at radius 3 is 1.24 bits per heavy atom. The van der Waals surface area contributed by atoms with Gasteiger partial charge in [0.2, 0.25) is 0 Å². The molecule has 0 N–H and O–H groups in total. The summed E-state index contributed by atoms with van der Waals surface area (Å²) in [6, 6.07) is 0. The Hall–Kier alpha value is 0.960. The molecule has 0 aliphatic carbocycles. The molecule has 0 aliphatic heterocycles. The summed E-state index contributed by atoms with van der Waals surface area (Å²) in [5.74, 6) is 2.46. The van der Waals surface area contributed by atoms with Crippen molar-refractivity contribution in [1.82, 2.24) is 10.2 Å². The van der Waals surface area contributed by atoms with Gasteiger partial charge in [-0.3, -0.25) is 0 Å². The normalized spacial score (nSPS) is 11.4. The van der Waals surface area contributed by atoms with Crippen molar-refractivity contribution in [3.63, 3.8) is 0 Å². The molecule has 0 fully saturated rings. The SMILES string of the molecule is CCCCCCCCCCSSc1nnc(SSCCCCCCCCCC)s1. The molecule has 0 aromatic carbocycles. The number of aromatic nitrogens is 2. The molecule has 0 amide bonds. The molecule has 0 spiro atoms. The van der Waals surface area contributed by atoms with E-state index in [4.69, 9.17) is 0 Å². The molecule has 1 aromatic rings. The van der Waals surface area contributed by atoms with Gasteiger partial charge in [0.15, 0.2) is 8.68 Å². The third-order valence-corrected chi connectivity index (χ3v) is 11.2. The molecule has 1 aromatic heterocycles. The van der Waals surface area contributed by atoms with Crippen molar-refractivity contribution in [3.8, 4) is 0 Å². The lowest BCUT2D eigenvalue weighted by molar-refractivity contribution is 0.586. The third kappa shape index (κ3) is 18.3. The Morgan fingerprint density at radius 1 is 0.517 bits per heavy atom. The summed E-state index contributed by atoms with van der Waals surface area (Å²) in [5, 5.41) is 8.66. The van der Waals surface area contributed by atoms with Crippen LogP contribution in [0.4, 0.5) is 0 Å². The molecule has 2 nitrogen and oxygen atoms in total. The highest BCUT2D eigenvalue weighted by Crippen LogP contribution is 2.39. The molecule has 0 saturated carbocycles. The number of rotatable bonds is 22. The maximum atomic E-state index is 4.33. The van der Waals surface area contributed by atoms with Crippen molar-refractivity contribution in [2.75, 3.05) is 11.5 Å². The van der Waals surface area contributed by atoms with E-state index in [1.165, 1.54) is 114 Å². The van der Waals surface area contributed by atoms with Gasteiger partial charge in [-0.1, -0.05) is 137 Å². The van der Waals surface area contributed by atoms with Crippen LogP contribution in [-0.2, 0) is 0 Å². The second kappa shape index (κ2) is 22.2. The fourth-order valence-electron chi connectivity index (χ4n) is 3.04. The van der Waals surface area contributed by atoms with Gasteiger partial charge in [0, 0.05) is 11.5 Å². The van der Waals surface area contributed by atoms with E-state index in [0.29, 0.717) is 0 Å². The van der Waals surface area contributed by atoms with Gasteiger partial charge < -0.3 is 0 Å². The van der Waals surface area contributed by atoms with Crippen molar-refractivity contribution in [2.45, 2.75) is 125 Å². The minimum Gasteiger partial charge on any atom is -0.130 e. The fourth-order valence-corrected chi connectivity index (χ4v) is 8.91. The van der Waals surface area contributed by atoms with Crippen molar-refractivity contribution < 1.29 is 0 Å². The summed E-state index contributed by atoms with van der Waals surface area (Å²) in [6.07, 6.45) is 22.3. The monoisotopic (exact) mass is 494 g/mol. The summed E-state index contributed by atoms with van der Waals surface area (Å²) >= 11 is 1.75.